The molecule has 0 amide bonds. The molecule has 5 aromatic carbocycles. The van der Waals surface area contributed by atoms with E-state index in [9.17, 15) is 0 Å². The number of unbranched alkanes of at least 4 members (excludes halogenated alkanes) is 1. The Morgan fingerprint density at radius 2 is 1.00 bits per heavy atom. The molecule has 0 radical (unpaired) electrons. The monoisotopic (exact) mass is 747 g/mol. The summed E-state index contributed by atoms with van der Waals surface area (Å²) in [7, 11) is 5.07. The van der Waals surface area contributed by atoms with E-state index in [0.29, 0.717) is 10.0 Å². The van der Waals surface area contributed by atoms with Crippen LogP contribution in [0.4, 0.5) is 11.4 Å². The van der Waals surface area contributed by atoms with Crippen LogP contribution in [0.3, 0.4) is 0 Å². The highest BCUT2D eigenvalue weighted by molar-refractivity contribution is 6.32. The van der Waals surface area contributed by atoms with E-state index in [1.165, 1.54) is 5.56 Å². The van der Waals surface area contributed by atoms with Gasteiger partial charge in [0.25, 0.3) is 0 Å². The van der Waals surface area contributed by atoms with Gasteiger partial charge in [-0.15, -0.1) is 0 Å². The van der Waals surface area contributed by atoms with E-state index < -0.39 is 0 Å². The molecular weight excluding hydrogens is 705 g/mol. The van der Waals surface area contributed by atoms with Crippen molar-refractivity contribution in [1.29, 1.82) is 0 Å². The molecule has 2 heterocycles. The molecule has 8 nitrogen and oxygen atoms in total. The third-order valence-electron chi connectivity index (χ3n) is 9.61. The van der Waals surface area contributed by atoms with Gasteiger partial charge >= 0.3 is 0 Å². The molecule has 0 saturated carbocycles. The summed E-state index contributed by atoms with van der Waals surface area (Å²) in [4.78, 5) is 12.3. The summed E-state index contributed by atoms with van der Waals surface area (Å²) in [5, 5.41) is 13.0. The number of nitrogens with one attached hydrogen (secondary N) is 2. The van der Waals surface area contributed by atoms with Crippen molar-refractivity contribution in [2.24, 2.45) is 0 Å². The average molecular weight is 749 g/mol. The van der Waals surface area contributed by atoms with E-state index in [-0.39, 0.29) is 0 Å². The van der Waals surface area contributed by atoms with Crippen LogP contribution in [0.25, 0.3) is 43.6 Å². The van der Waals surface area contributed by atoms with Gasteiger partial charge in [0.05, 0.1) is 54.8 Å². The van der Waals surface area contributed by atoms with Crippen LogP contribution in [0, 0.1) is 0 Å². The second kappa shape index (κ2) is 16.8. The van der Waals surface area contributed by atoms with Crippen LogP contribution >= 0.6 is 23.2 Å². The second-order valence-electron chi connectivity index (χ2n) is 13.1. The van der Waals surface area contributed by atoms with Gasteiger partial charge in [-0.3, -0.25) is 4.90 Å². The number of halogens is 2. The van der Waals surface area contributed by atoms with Crippen molar-refractivity contribution < 1.29 is 14.2 Å². The van der Waals surface area contributed by atoms with E-state index in [1.54, 1.807) is 21.3 Å². The summed E-state index contributed by atoms with van der Waals surface area (Å²) < 4.78 is 16.5. The smallest absolute Gasteiger partial charge is 0.119 e. The Bertz CT molecular complexity index is 2370. The molecule has 272 valence electrons. The van der Waals surface area contributed by atoms with Crippen LogP contribution in [-0.2, 0) is 6.54 Å². The summed E-state index contributed by atoms with van der Waals surface area (Å²) in [6, 6.07) is 32.1. The van der Waals surface area contributed by atoms with Gasteiger partial charge in [0.2, 0.25) is 0 Å². The minimum absolute atomic E-state index is 0.667. The van der Waals surface area contributed by atoms with E-state index in [4.69, 9.17) is 47.4 Å². The lowest BCUT2D eigenvalue weighted by atomic mass is 10.1. The molecule has 0 bridgehead atoms. The molecule has 2 aromatic heterocycles. The third kappa shape index (κ3) is 8.46. The van der Waals surface area contributed by atoms with Gasteiger partial charge in [-0.25, -0.2) is 9.97 Å². The molecule has 7 aromatic rings. The Morgan fingerprint density at radius 3 is 1.53 bits per heavy atom. The lowest BCUT2D eigenvalue weighted by molar-refractivity contribution is 0.260. The predicted molar refractivity (Wildman–Crippen MR) is 221 cm³/mol. The van der Waals surface area contributed by atoms with E-state index in [1.807, 2.05) is 84.9 Å². The van der Waals surface area contributed by atoms with Crippen LogP contribution in [0.1, 0.15) is 24.8 Å². The first kappa shape index (κ1) is 36.3. The van der Waals surface area contributed by atoms with Gasteiger partial charge in [0.15, 0.2) is 0 Å². The number of ether oxygens (including phenoxy) is 3. The Hall–Kier alpha value is -5.02. The summed E-state index contributed by atoms with van der Waals surface area (Å²) >= 11 is 12.7. The van der Waals surface area contributed by atoms with E-state index in [0.717, 1.165) is 124 Å². The largest absolute Gasteiger partial charge is 0.497 e. The number of hydrogen-bond acceptors (Lipinski definition) is 8. The first-order valence-electron chi connectivity index (χ1n) is 17.9. The lowest BCUT2D eigenvalue weighted by Gasteiger charge is -2.23. The van der Waals surface area contributed by atoms with Crippen LogP contribution in [0.2, 0.25) is 10.0 Å². The number of benzene rings is 5. The minimum Gasteiger partial charge on any atom is -0.497 e. The number of hydrogen-bond donors (Lipinski definition) is 2. The summed E-state index contributed by atoms with van der Waals surface area (Å²) in [5.41, 5.74) is 6.89. The lowest BCUT2D eigenvalue weighted by Crippen LogP contribution is -2.27. The maximum atomic E-state index is 6.36. The standard InChI is InChI=1S/C43H43Cl2N5O3/c1-51-31-11-7-28(8-12-31)27-50(22-6-20-47-43-35-16-10-30(45)24-41(35)49-39-18-14-33(53-3)26-37(39)43)21-5-4-19-46-42-34-15-9-29(44)23-40(34)48-38-17-13-32(52-2)25-36(38)42/h7-18,23-26H,4-6,19-22,27H2,1-3H3,(H,46,48)(H,47,49). The van der Waals surface area contributed by atoms with Crippen molar-refractivity contribution in [3.05, 3.63) is 113 Å². The topological polar surface area (TPSA) is 80.8 Å². The zero-order valence-corrected chi connectivity index (χ0v) is 31.7. The van der Waals surface area contributed by atoms with Gasteiger partial charge < -0.3 is 24.8 Å². The Morgan fingerprint density at radius 1 is 0.509 bits per heavy atom. The normalized spacial score (nSPS) is 11.5. The SMILES string of the molecule is COc1ccc(CN(CCCCNc2c3ccc(Cl)cc3nc3ccc(OC)cc23)CCCNc2c3ccc(Cl)cc3nc3ccc(OC)cc23)cc1. The fraction of sp³-hybridized carbons (Fsp3) is 0.256. The van der Waals surface area contributed by atoms with Gasteiger partial charge in [-0.1, -0.05) is 35.3 Å². The molecule has 0 spiro atoms. The van der Waals surface area contributed by atoms with Crippen molar-refractivity contribution in [3.8, 4) is 17.2 Å². The second-order valence-corrected chi connectivity index (χ2v) is 14.0. The number of aromatic nitrogens is 2. The molecule has 10 heteroatoms. The summed E-state index contributed by atoms with van der Waals surface area (Å²) in [6.07, 6.45) is 2.99. The molecule has 2 N–H and O–H groups in total. The van der Waals surface area contributed by atoms with Crippen LogP contribution in [0.15, 0.2) is 97.1 Å². The number of rotatable bonds is 16. The zero-order valence-electron chi connectivity index (χ0n) is 30.2. The van der Waals surface area contributed by atoms with E-state index >= 15 is 0 Å². The molecule has 0 unspecified atom stereocenters. The van der Waals surface area contributed by atoms with Crippen molar-refractivity contribution in [3.63, 3.8) is 0 Å². The quantitative estimate of drug-likeness (QED) is 0.0747. The van der Waals surface area contributed by atoms with Crippen molar-refractivity contribution in [2.75, 3.05) is 58.1 Å². The fourth-order valence-corrected chi connectivity index (χ4v) is 7.21. The summed E-state index contributed by atoms with van der Waals surface area (Å²) in [6.45, 7) is 4.37. The molecule has 0 aliphatic rings. The molecule has 0 aliphatic carbocycles. The number of anilines is 2. The first-order chi connectivity index (χ1) is 25.9. The predicted octanol–water partition coefficient (Wildman–Crippen LogP) is 10.6. The Labute approximate surface area is 320 Å². The molecule has 0 fully saturated rings. The zero-order chi connectivity index (χ0) is 36.7. The van der Waals surface area contributed by atoms with Gasteiger partial charge in [-0.2, -0.15) is 0 Å². The molecule has 0 atom stereocenters. The highest BCUT2D eigenvalue weighted by atomic mass is 35.5. The number of nitrogens with zero attached hydrogens (tertiary/aromatic N) is 3. The minimum atomic E-state index is 0.667. The van der Waals surface area contributed by atoms with Gasteiger partial charge in [0.1, 0.15) is 17.2 Å². The number of methoxy groups -OCH3 is 3. The van der Waals surface area contributed by atoms with E-state index in [2.05, 4.69) is 27.7 Å². The van der Waals surface area contributed by atoms with Crippen LogP contribution < -0.4 is 24.8 Å². The maximum absolute atomic E-state index is 6.36. The highest BCUT2D eigenvalue weighted by Crippen LogP contribution is 2.36. The van der Waals surface area contributed by atoms with Crippen LogP contribution in [-0.4, -0.2) is 62.4 Å². The first-order valence-corrected chi connectivity index (χ1v) is 18.6. The van der Waals surface area contributed by atoms with Gasteiger partial charge in [-0.05, 0) is 116 Å². The molecular formula is C43H43Cl2N5O3. The average Bonchev–Trinajstić information content (AvgIpc) is 3.18. The molecule has 0 aliphatic heterocycles. The van der Waals surface area contributed by atoms with Crippen molar-refractivity contribution >= 4 is 78.2 Å². The van der Waals surface area contributed by atoms with Gasteiger partial charge in [0, 0.05) is 57.8 Å². The number of pyridine rings is 2. The Balaban J connectivity index is 1.03. The molecule has 0 saturated heterocycles. The van der Waals surface area contributed by atoms with Crippen LogP contribution in [0.5, 0.6) is 17.2 Å². The van der Waals surface area contributed by atoms with Crippen molar-refractivity contribution in [2.45, 2.75) is 25.8 Å². The molecule has 53 heavy (non-hydrogen) atoms. The summed E-state index contributed by atoms with van der Waals surface area (Å²) in [5.74, 6) is 2.46. The third-order valence-corrected chi connectivity index (χ3v) is 10.1. The van der Waals surface area contributed by atoms with Crippen molar-refractivity contribution in [1.82, 2.24) is 14.9 Å². The highest BCUT2D eigenvalue weighted by Gasteiger charge is 2.14. The fourth-order valence-electron chi connectivity index (χ4n) is 6.88. The number of fused-ring (bicyclic) bond motifs is 4. The Kier molecular flexibility index (Phi) is 11.5. The molecule has 7 rings (SSSR count). The maximum Gasteiger partial charge on any atom is 0.119 e.